The van der Waals surface area contributed by atoms with E-state index in [4.69, 9.17) is 4.74 Å². The third-order valence-corrected chi connectivity index (χ3v) is 4.70. The van der Waals surface area contributed by atoms with Crippen molar-refractivity contribution < 1.29 is 14.2 Å². The molecular weight excluding hydrogens is 319 g/mol. The Hall–Kier alpha value is -2.11. The van der Waals surface area contributed by atoms with E-state index in [1.807, 2.05) is 24.3 Å². The minimum atomic E-state index is -0.131. The van der Waals surface area contributed by atoms with Gasteiger partial charge in [0, 0.05) is 31.2 Å². The molecule has 4 nitrogen and oxygen atoms in total. The molecule has 2 aromatic rings. The van der Waals surface area contributed by atoms with Crippen LogP contribution in [0.15, 0.2) is 42.5 Å². The molecule has 1 fully saturated rings. The van der Waals surface area contributed by atoms with E-state index in [0.717, 1.165) is 43.6 Å². The molecule has 3 rings (SSSR count). The molecule has 0 aromatic heterocycles. The van der Waals surface area contributed by atoms with Crippen LogP contribution in [0.4, 0.5) is 4.39 Å². The van der Waals surface area contributed by atoms with Crippen molar-refractivity contribution in [2.75, 3.05) is 20.2 Å². The SMILES string of the molecule is COc1cc(CNC2CCCN(Cc3ccccc3F)C2)ccc1O. The molecule has 0 spiro atoms. The van der Waals surface area contributed by atoms with Crippen molar-refractivity contribution in [1.29, 1.82) is 0 Å². The van der Waals surface area contributed by atoms with Crippen LogP contribution in [0.3, 0.4) is 0 Å². The topological polar surface area (TPSA) is 44.7 Å². The van der Waals surface area contributed by atoms with Crippen molar-refractivity contribution in [3.05, 3.63) is 59.4 Å². The van der Waals surface area contributed by atoms with Gasteiger partial charge in [0.1, 0.15) is 5.82 Å². The molecule has 2 aromatic carbocycles. The molecule has 0 bridgehead atoms. The maximum Gasteiger partial charge on any atom is 0.160 e. The Kier molecular flexibility index (Phi) is 5.89. The average molecular weight is 344 g/mol. The summed E-state index contributed by atoms with van der Waals surface area (Å²) < 4.78 is 19.0. The Morgan fingerprint density at radius 1 is 1.28 bits per heavy atom. The number of halogens is 1. The molecule has 1 unspecified atom stereocenters. The minimum Gasteiger partial charge on any atom is -0.504 e. The fourth-order valence-electron chi connectivity index (χ4n) is 3.33. The lowest BCUT2D eigenvalue weighted by Crippen LogP contribution is -2.45. The Labute approximate surface area is 148 Å². The van der Waals surface area contributed by atoms with Crippen molar-refractivity contribution >= 4 is 0 Å². The highest BCUT2D eigenvalue weighted by atomic mass is 19.1. The largest absolute Gasteiger partial charge is 0.504 e. The number of nitrogens with one attached hydrogen (secondary N) is 1. The third-order valence-electron chi connectivity index (χ3n) is 4.70. The normalized spacial score (nSPS) is 18.2. The van der Waals surface area contributed by atoms with Crippen LogP contribution in [0.5, 0.6) is 11.5 Å². The molecule has 134 valence electrons. The van der Waals surface area contributed by atoms with Crippen molar-refractivity contribution in [2.24, 2.45) is 0 Å². The van der Waals surface area contributed by atoms with E-state index in [9.17, 15) is 9.50 Å². The molecule has 2 N–H and O–H groups in total. The lowest BCUT2D eigenvalue weighted by atomic mass is 10.0. The third kappa shape index (κ3) is 4.71. The number of likely N-dealkylation sites (tertiary alicyclic amines) is 1. The van der Waals surface area contributed by atoms with Gasteiger partial charge in [-0.15, -0.1) is 0 Å². The van der Waals surface area contributed by atoms with Gasteiger partial charge in [0.25, 0.3) is 0 Å². The van der Waals surface area contributed by atoms with Crippen LogP contribution >= 0.6 is 0 Å². The number of ether oxygens (including phenoxy) is 1. The molecule has 5 heteroatoms. The molecule has 0 aliphatic carbocycles. The van der Waals surface area contributed by atoms with E-state index >= 15 is 0 Å². The van der Waals surface area contributed by atoms with Crippen LogP contribution in [0.1, 0.15) is 24.0 Å². The van der Waals surface area contributed by atoms with Crippen molar-refractivity contribution in [1.82, 2.24) is 10.2 Å². The summed E-state index contributed by atoms with van der Waals surface area (Å²) in [6.07, 6.45) is 2.22. The molecule has 25 heavy (non-hydrogen) atoms. The first-order chi connectivity index (χ1) is 12.2. The summed E-state index contributed by atoms with van der Waals surface area (Å²) in [5.74, 6) is 0.512. The number of methoxy groups -OCH3 is 1. The number of nitrogens with zero attached hydrogens (tertiary/aromatic N) is 1. The van der Waals surface area contributed by atoms with E-state index in [1.54, 1.807) is 19.2 Å². The molecule has 1 heterocycles. The van der Waals surface area contributed by atoms with Gasteiger partial charge in [-0.25, -0.2) is 4.39 Å². The summed E-state index contributed by atoms with van der Waals surface area (Å²) in [5.41, 5.74) is 1.83. The summed E-state index contributed by atoms with van der Waals surface area (Å²) in [6.45, 7) is 3.27. The first-order valence-corrected chi connectivity index (χ1v) is 8.70. The maximum absolute atomic E-state index is 13.8. The first kappa shape index (κ1) is 17.7. The Bertz CT molecular complexity index is 708. The van der Waals surface area contributed by atoms with E-state index in [0.29, 0.717) is 18.3 Å². The van der Waals surface area contributed by atoms with Crippen molar-refractivity contribution in [3.63, 3.8) is 0 Å². The highest BCUT2D eigenvalue weighted by molar-refractivity contribution is 5.41. The maximum atomic E-state index is 13.8. The molecule has 1 aliphatic heterocycles. The zero-order valence-electron chi connectivity index (χ0n) is 14.5. The van der Waals surface area contributed by atoms with Crippen LogP contribution in [0.2, 0.25) is 0 Å². The van der Waals surface area contributed by atoms with Gasteiger partial charge in [-0.2, -0.15) is 0 Å². The number of hydrogen-bond donors (Lipinski definition) is 2. The second-order valence-corrected chi connectivity index (χ2v) is 6.55. The van der Waals surface area contributed by atoms with Gasteiger partial charge >= 0.3 is 0 Å². The van der Waals surface area contributed by atoms with Gasteiger partial charge in [0.15, 0.2) is 11.5 Å². The number of benzene rings is 2. The van der Waals surface area contributed by atoms with E-state index in [-0.39, 0.29) is 11.6 Å². The standard InChI is InChI=1S/C20H25FN2O2/c1-25-20-11-15(8-9-19(20)24)12-22-17-6-4-10-23(14-17)13-16-5-2-3-7-18(16)21/h2-3,5,7-9,11,17,22,24H,4,6,10,12-14H2,1H3. The van der Waals surface area contributed by atoms with Crippen molar-refractivity contribution in [3.8, 4) is 11.5 Å². The van der Waals surface area contributed by atoms with Gasteiger partial charge in [-0.05, 0) is 43.1 Å². The van der Waals surface area contributed by atoms with E-state index in [2.05, 4.69) is 10.2 Å². The molecule has 0 amide bonds. The Morgan fingerprint density at radius 3 is 2.92 bits per heavy atom. The van der Waals surface area contributed by atoms with E-state index < -0.39 is 0 Å². The molecule has 1 aliphatic rings. The predicted molar refractivity (Wildman–Crippen MR) is 96.2 cm³/mol. The fraction of sp³-hybridized carbons (Fsp3) is 0.400. The van der Waals surface area contributed by atoms with E-state index in [1.165, 1.54) is 6.07 Å². The van der Waals surface area contributed by atoms with Gasteiger partial charge in [-0.1, -0.05) is 24.3 Å². The monoisotopic (exact) mass is 344 g/mol. The zero-order valence-corrected chi connectivity index (χ0v) is 14.5. The Morgan fingerprint density at radius 2 is 2.12 bits per heavy atom. The smallest absolute Gasteiger partial charge is 0.160 e. The summed E-state index contributed by atoms with van der Waals surface area (Å²) in [4.78, 5) is 2.30. The Balaban J connectivity index is 1.54. The van der Waals surface area contributed by atoms with Crippen LogP contribution in [-0.4, -0.2) is 36.2 Å². The fourth-order valence-corrected chi connectivity index (χ4v) is 3.33. The number of phenols is 1. The van der Waals surface area contributed by atoms with Gasteiger partial charge in [0.2, 0.25) is 0 Å². The highest BCUT2D eigenvalue weighted by Crippen LogP contribution is 2.26. The molecule has 0 radical (unpaired) electrons. The van der Waals surface area contributed by atoms with Gasteiger partial charge in [-0.3, -0.25) is 4.90 Å². The van der Waals surface area contributed by atoms with Gasteiger partial charge in [0.05, 0.1) is 7.11 Å². The van der Waals surface area contributed by atoms with Crippen LogP contribution in [0, 0.1) is 5.82 Å². The molecule has 1 saturated heterocycles. The lowest BCUT2D eigenvalue weighted by molar-refractivity contribution is 0.181. The summed E-state index contributed by atoms with van der Waals surface area (Å²) in [5, 5.41) is 13.2. The summed E-state index contributed by atoms with van der Waals surface area (Å²) in [7, 11) is 1.55. The number of phenolic OH excluding ortho intramolecular Hbond substituents is 1. The summed E-state index contributed by atoms with van der Waals surface area (Å²) in [6, 6.07) is 12.8. The van der Waals surface area contributed by atoms with Gasteiger partial charge < -0.3 is 15.2 Å². The number of aromatic hydroxyl groups is 1. The quantitative estimate of drug-likeness (QED) is 0.844. The minimum absolute atomic E-state index is 0.131. The second-order valence-electron chi connectivity index (χ2n) is 6.55. The van der Waals surface area contributed by atoms with Crippen LogP contribution < -0.4 is 10.1 Å². The number of piperidine rings is 1. The number of hydrogen-bond acceptors (Lipinski definition) is 4. The zero-order chi connectivity index (χ0) is 17.6. The molecule has 1 atom stereocenters. The predicted octanol–water partition coefficient (Wildman–Crippen LogP) is 3.29. The van der Waals surface area contributed by atoms with Crippen LogP contribution in [-0.2, 0) is 13.1 Å². The first-order valence-electron chi connectivity index (χ1n) is 8.70. The van der Waals surface area contributed by atoms with Crippen LogP contribution in [0.25, 0.3) is 0 Å². The second kappa shape index (κ2) is 8.32. The lowest BCUT2D eigenvalue weighted by Gasteiger charge is -2.33. The van der Waals surface area contributed by atoms with Crippen molar-refractivity contribution in [2.45, 2.75) is 32.0 Å². The molecular formula is C20H25FN2O2. The average Bonchev–Trinajstić information content (AvgIpc) is 2.63. The highest BCUT2D eigenvalue weighted by Gasteiger charge is 2.20. The number of rotatable bonds is 6. The molecule has 0 saturated carbocycles. The summed E-state index contributed by atoms with van der Waals surface area (Å²) >= 11 is 0.